The minimum absolute atomic E-state index is 0.0205. The standard InChI is InChI=1S/C15H16N4O2S/c20-13(18-14-16-7-9-22-14)11-5-3-8-19(11)15-17-10-4-1-2-6-12(10)21-15/h1-2,4,6,11H,3,5,7-9H2,(H,16,18,20)/t11-/m0/s1. The Hall–Kier alpha value is -2.02. The number of carbonyl (C=O) groups excluding carboxylic acids is 1. The summed E-state index contributed by atoms with van der Waals surface area (Å²) in [5.41, 5.74) is 1.57. The van der Waals surface area contributed by atoms with Gasteiger partial charge in [-0.2, -0.15) is 4.98 Å². The van der Waals surface area contributed by atoms with Crippen LogP contribution < -0.4 is 10.2 Å². The summed E-state index contributed by atoms with van der Waals surface area (Å²) in [5, 5.41) is 3.65. The molecule has 2 aliphatic rings. The molecule has 3 heterocycles. The molecule has 7 heteroatoms. The van der Waals surface area contributed by atoms with Crippen molar-refractivity contribution in [2.75, 3.05) is 23.7 Å². The molecule has 0 unspecified atom stereocenters. The van der Waals surface area contributed by atoms with Gasteiger partial charge in [-0.25, -0.2) is 0 Å². The average molecular weight is 316 g/mol. The van der Waals surface area contributed by atoms with Gasteiger partial charge in [0.2, 0.25) is 5.91 Å². The van der Waals surface area contributed by atoms with Crippen LogP contribution >= 0.6 is 11.8 Å². The van der Waals surface area contributed by atoms with Gasteiger partial charge in [0.25, 0.3) is 6.01 Å². The average Bonchev–Trinajstić information content (AvgIpc) is 3.26. The second kappa shape index (κ2) is 5.64. The van der Waals surface area contributed by atoms with Gasteiger partial charge in [0.1, 0.15) is 11.6 Å². The van der Waals surface area contributed by atoms with Crippen LogP contribution in [0.25, 0.3) is 11.1 Å². The van der Waals surface area contributed by atoms with Crippen LogP contribution in [0.5, 0.6) is 0 Å². The molecular weight excluding hydrogens is 300 g/mol. The quantitative estimate of drug-likeness (QED) is 0.918. The van der Waals surface area contributed by atoms with Crippen LogP contribution in [0.15, 0.2) is 33.7 Å². The zero-order chi connectivity index (χ0) is 14.9. The van der Waals surface area contributed by atoms with E-state index >= 15 is 0 Å². The fraction of sp³-hybridized carbons (Fsp3) is 0.400. The summed E-state index contributed by atoms with van der Waals surface area (Å²) in [6, 6.07) is 7.94. The molecule has 0 spiro atoms. The highest BCUT2D eigenvalue weighted by molar-refractivity contribution is 8.14. The van der Waals surface area contributed by atoms with Gasteiger partial charge in [-0.3, -0.25) is 9.79 Å². The minimum atomic E-state index is -0.239. The molecule has 2 aliphatic heterocycles. The molecule has 22 heavy (non-hydrogen) atoms. The van der Waals surface area contributed by atoms with Crippen LogP contribution in [0.2, 0.25) is 0 Å². The molecule has 6 nitrogen and oxygen atoms in total. The number of oxazole rings is 1. The third-order valence-corrected chi connectivity index (χ3v) is 4.79. The van der Waals surface area contributed by atoms with Gasteiger partial charge < -0.3 is 14.6 Å². The lowest BCUT2D eigenvalue weighted by Crippen LogP contribution is -2.44. The van der Waals surface area contributed by atoms with Crippen molar-refractivity contribution in [3.63, 3.8) is 0 Å². The molecule has 1 fully saturated rings. The van der Waals surface area contributed by atoms with Crippen molar-refractivity contribution in [3.8, 4) is 0 Å². The third kappa shape index (κ3) is 2.45. The maximum Gasteiger partial charge on any atom is 0.299 e. The second-order valence-corrected chi connectivity index (χ2v) is 6.42. The summed E-state index contributed by atoms with van der Waals surface area (Å²) < 4.78 is 5.80. The van der Waals surface area contributed by atoms with Gasteiger partial charge in [0.15, 0.2) is 10.8 Å². The predicted octanol–water partition coefficient (Wildman–Crippen LogP) is 2.02. The van der Waals surface area contributed by atoms with E-state index in [-0.39, 0.29) is 11.9 Å². The number of para-hydroxylation sites is 2. The number of carbonyl (C=O) groups is 1. The summed E-state index contributed by atoms with van der Waals surface area (Å²) in [6.45, 7) is 1.56. The molecule has 0 aliphatic carbocycles. The normalized spacial score (nSPS) is 21.4. The van der Waals surface area contributed by atoms with Crippen LogP contribution in [0.1, 0.15) is 12.8 Å². The molecule has 1 amide bonds. The van der Waals surface area contributed by atoms with Crippen molar-refractivity contribution < 1.29 is 9.21 Å². The predicted molar refractivity (Wildman–Crippen MR) is 87.3 cm³/mol. The van der Waals surface area contributed by atoms with E-state index in [1.165, 1.54) is 0 Å². The number of thioether (sulfide) groups is 1. The van der Waals surface area contributed by atoms with Gasteiger partial charge in [-0.05, 0) is 25.0 Å². The largest absolute Gasteiger partial charge is 0.423 e. The molecule has 1 saturated heterocycles. The molecule has 1 N–H and O–H groups in total. The van der Waals surface area contributed by atoms with Crippen LogP contribution in [0.3, 0.4) is 0 Å². The summed E-state index contributed by atoms with van der Waals surface area (Å²) in [4.78, 5) is 23.2. The number of anilines is 1. The first kappa shape index (κ1) is 13.6. The van der Waals surface area contributed by atoms with Gasteiger partial charge in [-0.15, -0.1) is 0 Å². The fourth-order valence-corrected chi connectivity index (χ4v) is 3.58. The molecule has 1 aromatic heterocycles. The Morgan fingerprint density at radius 2 is 2.32 bits per heavy atom. The number of amides is 1. The van der Waals surface area contributed by atoms with Crippen molar-refractivity contribution in [1.29, 1.82) is 0 Å². The first-order valence-corrected chi connectivity index (χ1v) is 8.40. The number of aliphatic imine (C=N–C) groups is 1. The Labute approximate surface area is 132 Å². The fourth-order valence-electron chi connectivity index (χ4n) is 2.85. The maximum absolute atomic E-state index is 12.5. The van der Waals surface area contributed by atoms with Gasteiger partial charge in [0, 0.05) is 12.3 Å². The highest BCUT2D eigenvalue weighted by atomic mass is 32.2. The number of rotatable bonds is 2. The van der Waals surface area contributed by atoms with E-state index in [9.17, 15) is 4.79 Å². The Kier molecular flexibility index (Phi) is 3.49. The molecule has 0 bridgehead atoms. The number of benzene rings is 1. The lowest BCUT2D eigenvalue weighted by atomic mass is 10.2. The zero-order valence-corrected chi connectivity index (χ0v) is 12.8. The SMILES string of the molecule is O=C(NC1=NCCS1)[C@@H]1CCCN1c1nc2ccccc2o1. The lowest BCUT2D eigenvalue weighted by molar-refractivity contribution is -0.120. The molecular formula is C15H16N4O2S. The Bertz CT molecular complexity index is 709. The van der Waals surface area contributed by atoms with E-state index in [0.29, 0.717) is 6.01 Å². The first-order valence-electron chi connectivity index (χ1n) is 7.41. The number of fused-ring (bicyclic) bond motifs is 1. The van der Waals surface area contributed by atoms with E-state index in [1.807, 2.05) is 29.2 Å². The zero-order valence-electron chi connectivity index (χ0n) is 12.0. The van der Waals surface area contributed by atoms with Crippen molar-refractivity contribution in [1.82, 2.24) is 10.3 Å². The van der Waals surface area contributed by atoms with Gasteiger partial charge in [0.05, 0.1) is 6.54 Å². The Morgan fingerprint density at radius 1 is 1.41 bits per heavy atom. The summed E-state index contributed by atoms with van der Waals surface area (Å²) in [7, 11) is 0. The van der Waals surface area contributed by atoms with Crippen LogP contribution in [0, 0.1) is 0 Å². The Morgan fingerprint density at radius 3 is 3.14 bits per heavy atom. The molecule has 4 rings (SSSR count). The van der Waals surface area contributed by atoms with Crippen molar-refractivity contribution >= 4 is 40.0 Å². The maximum atomic E-state index is 12.5. The van der Waals surface area contributed by atoms with Crippen molar-refractivity contribution in [2.24, 2.45) is 4.99 Å². The van der Waals surface area contributed by atoms with Crippen molar-refractivity contribution in [3.05, 3.63) is 24.3 Å². The Balaban J connectivity index is 1.56. The number of hydrogen-bond acceptors (Lipinski definition) is 6. The highest BCUT2D eigenvalue weighted by Crippen LogP contribution is 2.28. The molecule has 2 aromatic rings. The highest BCUT2D eigenvalue weighted by Gasteiger charge is 2.34. The summed E-state index contributed by atoms with van der Waals surface area (Å²) in [5.74, 6) is 0.919. The lowest BCUT2D eigenvalue weighted by Gasteiger charge is -2.21. The van der Waals surface area contributed by atoms with E-state index in [4.69, 9.17) is 4.42 Å². The number of hydrogen-bond donors (Lipinski definition) is 1. The monoisotopic (exact) mass is 316 g/mol. The van der Waals surface area contributed by atoms with Crippen molar-refractivity contribution in [2.45, 2.75) is 18.9 Å². The minimum Gasteiger partial charge on any atom is -0.423 e. The third-order valence-electron chi connectivity index (χ3n) is 3.90. The van der Waals surface area contributed by atoms with Gasteiger partial charge in [-0.1, -0.05) is 23.9 Å². The molecule has 1 atom stereocenters. The van der Waals surface area contributed by atoms with Gasteiger partial charge >= 0.3 is 0 Å². The molecule has 114 valence electrons. The van der Waals surface area contributed by atoms with Crippen LogP contribution in [0.4, 0.5) is 6.01 Å². The van der Waals surface area contributed by atoms with E-state index in [0.717, 1.165) is 48.0 Å². The number of aromatic nitrogens is 1. The van der Waals surface area contributed by atoms with E-state index in [2.05, 4.69) is 15.3 Å². The first-order chi connectivity index (χ1) is 10.8. The molecule has 1 aromatic carbocycles. The van der Waals surface area contributed by atoms with Crippen LogP contribution in [-0.2, 0) is 4.79 Å². The van der Waals surface area contributed by atoms with Crippen LogP contribution in [-0.4, -0.2) is 40.9 Å². The summed E-state index contributed by atoms with van der Waals surface area (Å²) in [6.07, 6.45) is 1.76. The number of amidine groups is 1. The van der Waals surface area contributed by atoms with E-state index < -0.39 is 0 Å². The number of nitrogens with one attached hydrogen (secondary N) is 1. The second-order valence-electron chi connectivity index (χ2n) is 5.34. The topological polar surface area (TPSA) is 70.7 Å². The summed E-state index contributed by atoms with van der Waals surface area (Å²) >= 11 is 1.59. The number of nitrogens with zero attached hydrogens (tertiary/aromatic N) is 3. The molecule has 0 radical (unpaired) electrons. The van der Waals surface area contributed by atoms with E-state index in [1.54, 1.807) is 11.8 Å². The molecule has 0 saturated carbocycles. The smallest absolute Gasteiger partial charge is 0.299 e.